The van der Waals surface area contributed by atoms with Crippen molar-refractivity contribution in [2.24, 2.45) is 21.5 Å². The van der Waals surface area contributed by atoms with Crippen LogP contribution in [0.4, 0.5) is 11.4 Å². The lowest BCUT2D eigenvalue weighted by Gasteiger charge is -2.09. The normalized spacial score (nSPS) is 11.4. The maximum Gasteiger partial charge on any atom is 0.193 e. The number of anilines is 2. The minimum Gasteiger partial charge on any atom is -0.412 e. The first kappa shape index (κ1) is 32.2. The third-order valence-electron chi connectivity index (χ3n) is 5.25. The monoisotopic (exact) mass is 523 g/mol. The molecule has 0 aliphatic carbocycles. The summed E-state index contributed by atoms with van der Waals surface area (Å²) < 4.78 is 0. The number of halogens is 2. The molecule has 8 N–H and O–H groups in total. The predicted molar refractivity (Wildman–Crippen MR) is 157 cm³/mol. The van der Waals surface area contributed by atoms with E-state index in [4.69, 9.17) is 16.5 Å². The Morgan fingerprint density at radius 2 is 1.14 bits per heavy atom. The second kappa shape index (κ2) is 16.8. The molecule has 3 rings (SSSR count). The fourth-order valence-corrected chi connectivity index (χ4v) is 3.48. The summed E-state index contributed by atoms with van der Waals surface area (Å²) in [5.74, 6) is 0.864. The molecule has 0 unspecified atom stereocenters. The molecule has 0 amide bonds. The van der Waals surface area contributed by atoms with E-state index < -0.39 is 0 Å². The maximum atomic E-state index is 6.03. The van der Waals surface area contributed by atoms with Crippen molar-refractivity contribution in [2.45, 2.75) is 52.4 Å². The van der Waals surface area contributed by atoms with Crippen LogP contribution in [0.25, 0.3) is 21.8 Å². The van der Waals surface area contributed by atoms with Gasteiger partial charge in [0.25, 0.3) is 0 Å². The van der Waals surface area contributed by atoms with Gasteiger partial charge in [0.1, 0.15) is 0 Å². The molecule has 0 saturated heterocycles. The number of guanidine groups is 2. The highest BCUT2D eigenvalue weighted by molar-refractivity contribution is 5.99. The van der Waals surface area contributed by atoms with Crippen molar-refractivity contribution >= 4 is 69.9 Å². The number of unbranched alkanes of at least 4 members (excludes halogenated alkanes) is 4. The van der Waals surface area contributed by atoms with Gasteiger partial charge in [-0.25, -0.2) is 4.98 Å². The summed E-state index contributed by atoms with van der Waals surface area (Å²) in [7, 11) is 0. The van der Waals surface area contributed by atoms with Crippen molar-refractivity contribution < 1.29 is 5.48 Å². The molecule has 35 heavy (non-hydrogen) atoms. The van der Waals surface area contributed by atoms with Crippen molar-refractivity contribution in [2.75, 3.05) is 23.7 Å². The fraction of sp³-hybridized carbons (Fsp3) is 0.400. The fourth-order valence-electron chi connectivity index (χ4n) is 3.48. The average Bonchev–Trinajstić information content (AvgIpc) is 2.78. The van der Waals surface area contributed by atoms with Crippen molar-refractivity contribution in [3.63, 3.8) is 0 Å². The van der Waals surface area contributed by atoms with Crippen LogP contribution >= 0.6 is 24.8 Å². The zero-order valence-corrected chi connectivity index (χ0v) is 22.1. The summed E-state index contributed by atoms with van der Waals surface area (Å²) in [4.78, 5) is 13.6. The van der Waals surface area contributed by atoms with Gasteiger partial charge in [-0.15, -0.1) is 24.8 Å². The molecule has 0 saturated carbocycles. The smallest absolute Gasteiger partial charge is 0.193 e. The molecule has 0 spiro atoms. The number of nitrogens with zero attached hydrogens (tertiary/aromatic N) is 3. The lowest BCUT2D eigenvalue weighted by molar-refractivity contribution is 0.727. The van der Waals surface area contributed by atoms with Crippen LogP contribution in [0.5, 0.6) is 0 Å². The largest absolute Gasteiger partial charge is 0.412 e. The van der Waals surface area contributed by atoms with Gasteiger partial charge in [-0.1, -0.05) is 51.7 Å². The Hall–Kier alpha value is -2.81. The molecule has 1 heterocycles. The second-order valence-corrected chi connectivity index (χ2v) is 8.00. The summed E-state index contributed by atoms with van der Waals surface area (Å²) in [5.41, 5.74) is 15.6. The van der Waals surface area contributed by atoms with Gasteiger partial charge in [0, 0.05) is 35.2 Å². The number of hydrogen-bond acceptors (Lipinski definition) is 3. The standard InChI is InChI=1S/C25H35N7.2ClH.H2O/c1-3-5-7-13-28-24(26)30-20-11-9-18-15-19-10-12-21(17-23(19)32-22(18)16-20)31-25(27)29-14-8-6-4-2;;;/h9-12,15-17H,3-8,13-14H2,1-2H3,(H3,26,28,30)(H3,27,29,31);2*1H;1H2. The van der Waals surface area contributed by atoms with Crippen LogP contribution in [0.15, 0.2) is 52.4 Å². The van der Waals surface area contributed by atoms with Gasteiger partial charge >= 0.3 is 0 Å². The summed E-state index contributed by atoms with van der Waals surface area (Å²) in [6, 6.07) is 14.2. The van der Waals surface area contributed by atoms with E-state index >= 15 is 0 Å². The van der Waals surface area contributed by atoms with Crippen LogP contribution in [0.1, 0.15) is 52.4 Å². The van der Waals surface area contributed by atoms with Gasteiger partial charge in [-0.05, 0) is 43.2 Å². The molecule has 194 valence electrons. The van der Waals surface area contributed by atoms with E-state index in [-0.39, 0.29) is 30.3 Å². The van der Waals surface area contributed by atoms with Crippen LogP contribution in [0, 0.1) is 0 Å². The number of fused-ring (bicyclic) bond motifs is 2. The molecule has 0 atom stereocenters. The Kier molecular flexibility index (Phi) is 15.4. The molecule has 2 aromatic carbocycles. The van der Waals surface area contributed by atoms with E-state index in [1.165, 1.54) is 12.8 Å². The van der Waals surface area contributed by atoms with Gasteiger partial charge in [0.2, 0.25) is 0 Å². The summed E-state index contributed by atoms with van der Waals surface area (Å²) in [5, 5.41) is 8.47. The minimum atomic E-state index is 0. The van der Waals surface area contributed by atoms with Crippen LogP contribution in [0.3, 0.4) is 0 Å². The number of nitrogens with one attached hydrogen (secondary N) is 2. The van der Waals surface area contributed by atoms with E-state index in [1.807, 2.05) is 36.4 Å². The van der Waals surface area contributed by atoms with Gasteiger partial charge in [-0.2, -0.15) is 0 Å². The topological polar surface area (TPSA) is 145 Å². The Morgan fingerprint density at radius 1 is 0.714 bits per heavy atom. The van der Waals surface area contributed by atoms with Gasteiger partial charge in [0.05, 0.1) is 11.0 Å². The zero-order valence-electron chi connectivity index (χ0n) is 20.5. The lowest BCUT2D eigenvalue weighted by atomic mass is 10.1. The highest BCUT2D eigenvalue weighted by Crippen LogP contribution is 2.24. The highest BCUT2D eigenvalue weighted by Gasteiger charge is 2.04. The second-order valence-electron chi connectivity index (χ2n) is 8.00. The quantitative estimate of drug-likeness (QED) is 0.124. The molecule has 0 radical (unpaired) electrons. The van der Waals surface area contributed by atoms with Crippen LogP contribution in [0.2, 0.25) is 0 Å². The third kappa shape index (κ3) is 10.1. The van der Waals surface area contributed by atoms with Crippen molar-refractivity contribution in [1.82, 2.24) is 4.98 Å². The van der Waals surface area contributed by atoms with E-state index in [0.29, 0.717) is 11.9 Å². The summed E-state index contributed by atoms with van der Waals surface area (Å²) in [6.07, 6.45) is 6.77. The molecule has 3 aromatic rings. The number of aliphatic imine (C=N–C) groups is 2. The van der Waals surface area contributed by atoms with Crippen molar-refractivity contribution in [3.8, 4) is 0 Å². The van der Waals surface area contributed by atoms with Crippen molar-refractivity contribution in [1.29, 1.82) is 0 Å². The molecule has 0 aliphatic rings. The number of rotatable bonds is 10. The first-order valence-corrected chi connectivity index (χ1v) is 11.6. The first-order valence-electron chi connectivity index (χ1n) is 11.6. The molecule has 0 bridgehead atoms. The van der Waals surface area contributed by atoms with E-state index in [2.05, 4.69) is 40.5 Å². The first-order chi connectivity index (χ1) is 15.6. The Bertz CT molecular complexity index is 1020. The minimum absolute atomic E-state index is 0. The predicted octanol–water partition coefficient (Wildman–Crippen LogP) is 5.24. The van der Waals surface area contributed by atoms with Gasteiger partial charge in [0.15, 0.2) is 11.9 Å². The molecule has 8 nitrogen and oxygen atoms in total. The molecule has 0 fully saturated rings. The molecular formula is C25H39Cl2N7O. The van der Waals surface area contributed by atoms with Crippen molar-refractivity contribution in [3.05, 3.63) is 42.5 Å². The SMILES string of the molecule is CCCCCN=C(N)Nc1ccc2cc3ccc(NC(N)=NCCCCC)cc3nc2c1.Cl.Cl.O. The molecule has 0 aliphatic heterocycles. The average molecular weight is 525 g/mol. The van der Waals surface area contributed by atoms with Gasteiger partial charge in [-0.3, -0.25) is 9.98 Å². The van der Waals surface area contributed by atoms with E-state index in [1.54, 1.807) is 0 Å². The zero-order chi connectivity index (χ0) is 22.8. The number of benzene rings is 2. The summed E-state index contributed by atoms with van der Waals surface area (Å²) >= 11 is 0. The Labute approximate surface area is 220 Å². The maximum absolute atomic E-state index is 6.03. The van der Waals surface area contributed by atoms with E-state index in [0.717, 1.165) is 72.0 Å². The van der Waals surface area contributed by atoms with Crippen LogP contribution in [-0.4, -0.2) is 35.5 Å². The lowest BCUT2D eigenvalue weighted by Crippen LogP contribution is -2.22. The Balaban J connectivity index is 0.00000385. The number of nitrogens with two attached hydrogens (primary N) is 2. The van der Waals surface area contributed by atoms with Gasteiger partial charge < -0.3 is 27.6 Å². The Morgan fingerprint density at radius 3 is 1.54 bits per heavy atom. The molecular weight excluding hydrogens is 485 g/mol. The number of aromatic nitrogens is 1. The van der Waals surface area contributed by atoms with Crippen LogP contribution in [-0.2, 0) is 0 Å². The summed E-state index contributed by atoms with van der Waals surface area (Å²) in [6.45, 7) is 5.83. The molecule has 10 heteroatoms. The third-order valence-corrected chi connectivity index (χ3v) is 5.25. The highest BCUT2D eigenvalue weighted by atomic mass is 35.5. The van der Waals surface area contributed by atoms with E-state index in [9.17, 15) is 0 Å². The van der Waals surface area contributed by atoms with Crippen LogP contribution < -0.4 is 22.1 Å². The molecule has 1 aromatic heterocycles. The number of hydrogen-bond donors (Lipinski definition) is 4. The number of pyridine rings is 1.